The molecule has 0 aliphatic heterocycles. The van der Waals surface area contributed by atoms with Crippen LogP contribution in [-0.2, 0) is 22.6 Å². The van der Waals surface area contributed by atoms with E-state index in [1.165, 1.54) is 0 Å². The van der Waals surface area contributed by atoms with Crippen LogP contribution < -0.4 is 15.7 Å². The van der Waals surface area contributed by atoms with Crippen LogP contribution in [-0.4, -0.2) is 22.8 Å². The highest BCUT2D eigenvalue weighted by Gasteiger charge is 2.24. The van der Waals surface area contributed by atoms with Crippen molar-refractivity contribution in [2.45, 2.75) is 32.9 Å². The molecule has 0 saturated carbocycles. The summed E-state index contributed by atoms with van der Waals surface area (Å²) in [6, 6.07) is 11.7. The molecular formula is C20H22N3O5-. The van der Waals surface area contributed by atoms with Gasteiger partial charge >= 0.3 is 0 Å². The zero-order valence-corrected chi connectivity index (χ0v) is 15.7. The van der Waals surface area contributed by atoms with Crippen LogP contribution >= 0.6 is 0 Å². The number of non-ortho nitro benzene ring substituents is 1. The molecule has 0 aliphatic rings. The number of hydrogen-bond acceptors (Lipinski definition) is 5. The Morgan fingerprint density at radius 3 is 2.39 bits per heavy atom. The second kappa shape index (κ2) is 9.50. The Morgan fingerprint density at radius 1 is 1.11 bits per heavy atom. The summed E-state index contributed by atoms with van der Waals surface area (Å²) in [6.07, 6.45) is 0.146. The van der Waals surface area contributed by atoms with Gasteiger partial charge < -0.3 is 15.7 Å². The maximum absolute atomic E-state index is 12.5. The normalized spacial score (nSPS) is 11.7. The Bertz CT molecular complexity index is 852. The smallest absolute Gasteiger partial charge is 0.269 e. The molecule has 148 valence electrons. The lowest BCUT2D eigenvalue weighted by Crippen LogP contribution is -2.49. The summed E-state index contributed by atoms with van der Waals surface area (Å²) in [7, 11) is 0. The van der Waals surface area contributed by atoms with Crippen LogP contribution in [0, 0.1) is 16.0 Å². The van der Waals surface area contributed by atoms with Gasteiger partial charge in [0.25, 0.3) is 5.69 Å². The fourth-order valence-corrected chi connectivity index (χ4v) is 2.65. The molecule has 0 radical (unpaired) electrons. The Hall–Kier alpha value is -3.42. The molecule has 0 fully saturated rings. The highest BCUT2D eigenvalue weighted by atomic mass is 16.6. The fraction of sp³-hybridized carbons (Fsp3) is 0.300. The lowest BCUT2D eigenvalue weighted by molar-refractivity contribution is -0.385. The third-order valence-corrected chi connectivity index (χ3v) is 4.18. The van der Waals surface area contributed by atoms with Gasteiger partial charge in [0.15, 0.2) is 0 Å². The number of nitrogens with zero attached hydrogens (tertiary/aromatic N) is 1. The highest BCUT2D eigenvalue weighted by Crippen LogP contribution is 2.20. The van der Waals surface area contributed by atoms with Crippen molar-refractivity contribution >= 4 is 17.5 Å². The van der Waals surface area contributed by atoms with Gasteiger partial charge in [-0.25, -0.2) is 0 Å². The molecule has 2 amide bonds. The Morgan fingerprint density at radius 2 is 1.79 bits per heavy atom. The predicted molar refractivity (Wildman–Crippen MR) is 101 cm³/mol. The van der Waals surface area contributed by atoms with E-state index in [1.807, 2.05) is 30.3 Å². The zero-order chi connectivity index (χ0) is 20.7. The first kappa shape index (κ1) is 20.9. The first-order valence-electron chi connectivity index (χ1n) is 8.83. The lowest BCUT2D eigenvalue weighted by Gasteiger charge is -2.22. The Kier molecular flexibility index (Phi) is 7.08. The van der Waals surface area contributed by atoms with Crippen LogP contribution in [0.15, 0.2) is 48.5 Å². The minimum absolute atomic E-state index is 0.112. The minimum atomic E-state index is -0.787. The van der Waals surface area contributed by atoms with E-state index < -0.39 is 22.6 Å². The summed E-state index contributed by atoms with van der Waals surface area (Å²) in [4.78, 5) is 35.0. The number of rotatable bonds is 8. The van der Waals surface area contributed by atoms with Crippen molar-refractivity contribution in [1.82, 2.24) is 10.6 Å². The minimum Gasteiger partial charge on any atom is -0.872 e. The third kappa shape index (κ3) is 5.80. The summed E-state index contributed by atoms with van der Waals surface area (Å²) in [5.41, 5.74) is 0.719. The number of benzene rings is 2. The molecule has 2 aromatic rings. The number of nitro benzene ring substituents is 1. The van der Waals surface area contributed by atoms with E-state index in [0.717, 1.165) is 23.8 Å². The van der Waals surface area contributed by atoms with E-state index in [4.69, 9.17) is 0 Å². The number of nitrogens with one attached hydrogen (secondary N) is 2. The standard InChI is InChI=1S/C20H23N3O5/c1-13(2)19(22-18(25)10-14-6-4-3-5-7-14)20(26)21-12-15-11-16(23(27)28)8-9-17(15)24/h3-9,11,13,19,24H,10,12H2,1-2H3,(H,21,26)(H,22,25)/p-1/t19-/m0/s1. The summed E-state index contributed by atoms with van der Waals surface area (Å²) >= 11 is 0. The van der Waals surface area contributed by atoms with E-state index in [2.05, 4.69) is 10.6 Å². The maximum Gasteiger partial charge on any atom is 0.269 e. The Balaban J connectivity index is 2.00. The Labute approximate surface area is 162 Å². The average molecular weight is 384 g/mol. The number of carbonyl (C=O) groups excluding carboxylic acids is 2. The third-order valence-electron chi connectivity index (χ3n) is 4.18. The van der Waals surface area contributed by atoms with Crippen molar-refractivity contribution in [2.24, 2.45) is 5.92 Å². The van der Waals surface area contributed by atoms with E-state index in [-0.39, 0.29) is 36.0 Å². The van der Waals surface area contributed by atoms with Crippen LogP contribution in [0.2, 0.25) is 0 Å². The van der Waals surface area contributed by atoms with E-state index >= 15 is 0 Å². The molecular weight excluding hydrogens is 362 g/mol. The molecule has 28 heavy (non-hydrogen) atoms. The largest absolute Gasteiger partial charge is 0.872 e. The maximum atomic E-state index is 12.5. The lowest BCUT2D eigenvalue weighted by atomic mass is 10.0. The van der Waals surface area contributed by atoms with Gasteiger partial charge in [-0.05, 0) is 17.0 Å². The van der Waals surface area contributed by atoms with Gasteiger partial charge in [0.05, 0.1) is 11.3 Å². The van der Waals surface area contributed by atoms with Gasteiger partial charge in [-0.2, -0.15) is 0 Å². The van der Waals surface area contributed by atoms with Crippen LogP contribution in [0.4, 0.5) is 5.69 Å². The van der Waals surface area contributed by atoms with Crippen molar-refractivity contribution in [2.75, 3.05) is 0 Å². The second-order valence-electron chi connectivity index (χ2n) is 6.72. The quantitative estimate of drug-likeness (QED) is 0.529. The van der Waals surface area contributed by atoms with Gasteiger partial charge in [-0.1, -0.05) is 50.2 Å². The molecule has 8 nitrogen and oxygen atoms in total. The van der Waals surface area contributed by atoms with Crippen LogP contribution in [0.3, 0.4) is 0 Å². The van der Waals surface area contributed by atoms with E-state index in [1.54, 1.807) is 13.8 Å². The highest BCUT2D eigenvalue weighted by molar-refractivity contribution is 5.88. The van der Waals surface area contributed by atoms with Crippen molar-refractivity contribution in [3.8, 4) is 5.75 Å². The molecule has 0 spiro atoms. The summed E-state index contributed by atoms with van der Waals surface area (Å²) in [6.45, 7) is 3.43. The molecule has 0 saturated heterocycles. The molecule has 0 aliphatic carbocycles. The topological polar surface area (TPSA) is 124 Å². The molecule has 8 heteroatoms. The van der Waals surface area contributed by atoms with Crippen molar-refractivity contribution in [3.05, 3.63) is 69.8 Å². The average Bonchev–Trinajstić information content (AvgIpc) is 2.65. The summed E-state index contributed by atoms with van der Waals surface area (Å²) in [5, 5.41) is 28.0. The fourth-order valence-electron chi connectivity index (χ4n) is 2.65. The first-order valence-corrected chi connectivity index (χ1v) is 8.83. The molecule has 0 aromatic heterocycles. The summed E-state index contributed by atoms with van der Waals surface area (Å²) in [5.74, 6) is -1.33. The summed E-state index contributed by atoms with van der Waals surface area (Å²) < 4.78 is 0. The molecule has 0 unspecified atom stereocenters. The molecule has 0 bridgehead atoms. The molecule has 2 N–H and O–H groups in total. The van der Waals surface area contributed by atoms with E-state index in [9.17, 15) is 24.8 Å². The van der Waals surface area contributed by atoms with Crippen molar-refractivity contribution in [3.63, 3.8) is 0 Å². The van der Waals surface area contributed by atoms with Crippen LogP contribution in [0.1, 0.15) is 25.0 Å². The molecule has 2 aromatic carbocycles. The number of amides is 2. The SMILES string of the molecule is CC(C)[C@H](NC(=O)Cc1ccccc1)C(=O)NCc1cc([N+](=O)[O-])ccc1[O-]. The number of hydrogen-bond donors (Lipinski definition) is 2. The molecule has 0 heterocycles. The predicted octanol–water partition coefficient (Wildman–Crippen LogP) is 1.67. The van der Waals surface area contributed by atoms with Crippen LogP contribution in [0.25, 0.3) is 0 Å². The van der Waals surface area contributed by atoms with Crippen LogP contribution in [0.5, 0.6) is 5.75 Å². The van der Waals surface area contributed by atoms with Gasteiger partial charge in [0.2, 0.25) is 11.8 Å². The number of carbonyl (C=O) groups is 2. The van der Waals surface area contributed by atoms with Gasteiger partial charge in [0, 0.05) is 18.7 Å². The van der Waals surface area contributed by atoms with Gasteiger partial charge in [-0.15, -0.1) is 5.75 Å². The van der Waals surface area contributed by atoms with Crippen molar-refractivity contribution < 1.29 is 19.6 Å². The van der Waals surface area contributed by atoms with E-state index in [0.29, 0.717) is 0 Å². The number of nitro groups is 1. The van der Waals surface area contributed by atoms with Crippen molar-refractivity contribution in [1.29, 1.82) is 0 Å². The zero-order valence-electron chi connectivity index (χ0n) is 15.7. The first-order chi connectivity index (χ1) is 13.3. The molecule has 2 rings (SSSR count). The van der Waals surface area contributed by atoms with Gasteiger partial charge in [0.1, 0.15) is 6.04 Å². The molecule has 1 atom stereocenters. The monoisotopic (exact) mass is 384 g/mol. The van der Waals surface area contributed by atoms with Gasteiger partial charge in [-0.3, -0.25) is 19.7 Å². The second-order valence-corrected chi connectivity index (χ2v) is 6.72.